The zero-order valence-corrected chi connectivity index (χ0v) is 11.0. The number of carbonyl (C=O) groups is 3. The lowest BCUT2D eigenvalue weighted by molar-refractivity contribution is -0.131. The van der Waals surface area contributed by atoms with Gasteiger partial charge in [0.15, 0.2) is 0 Å². The highest BCUT2D eigenvalue weighted by Crippen LogP contribution is 2.28. The maximum Gasteiger partial charge on any atom is 0.327 e. The molecule has 2 aliphatic rings. The Balaban J connectivity index is 1.81. The van der Waals surface area contributed by atoms with Gasteiger partial charge < -0.3 is 15.3 Å². The van der Waals surface area contributed by atoms with Crippen molar-refractivity contribution in [2.45, 2.75) is 31.3 Å². The van der Waals surface area contributed by atoms with Gasteiger partial charge in [-0.05, 0) is 12.8 Å². The normalized spacial score (nSPS) is 22.2. The van der Waals surface area contributed by atoms with Gasteiger partial charge in [0.25, 0.3) is 5.91 Å². The second kappa shape index (κ2) is 5.16. The number of likely N-dealkylation sites (N-methyl/N-ethyl adjacent to an activating group) is 1. The lowest BCUT2D eigenvalue weighted by Gasteiger charge is -2.23. The molecule has 0 radical (unpaired) electrons. The molecular weight excluding hydrogens is 250 g/mol. The summed E-state index contributed by atoms with van der Waals surface area (Å²) in [7, 11) is 1.51. The van der Waals surface area contributed by atoms with Crippen molar-refractivity contribution in [3.8, 4) is 0 Å². The minimum absolute atomic E-state index is 0.00997. The van der Waals surface area contributed by atoms with Gasteiger partial charge in [-0.15, -0.1) is 0 Å². The lowest BCUT2D eigenvalue weighted by atomic mass is 10.0. The monoisotopic (exact) mass is 269 g/mol. The van der Waals surface area contributed by atoms with E-state index in [1.807, 2.05) is 0 Å². The predicted molar refractivity (Wildman–Crippen MR) is 66.2 cm³/mol. The van der Waals surface area contributed by atoms with Crippen LogP contribution in [-0.2, 0) is 9.59 Å². The molecule has 106 valence electrons. The van der Waals surface area contributed by atoms with Crippen molar-refractivity contribution in [2.24, 2.45) is 0 Å². The van der Waals surface area contributed by atoms with E-state index >= 15 is 0 Å². The van der Waals surface area contributed by atoms with Crippen LogP contribution in [0.2, 0.25) is 0 Å². The summed E-state index contributed by atoms with van der Waals surface area (Å²) in [6, 6.07) is -0.459. The number of imide groups is 1. The minimum atomic E-state index is -0.828. The Hall–Kier alpha value is -1.63. The van der Waals surface area contributed by atoms with E-state index < -0.39 is 17.5 Å². The van der Waals surface area contributed by atoms with Crippen molar-refractivity contribution in [1.82, 2.24) is 15.1 Å². The van der Waals surface area contributed by atoms with Crippen molar-refractivity contribution >= 4 is 17.8 Å². The molecule has 0 unspecified atom stereocenters. The summed E-state index contributed by atoms with van der Waals surface area (Å²) in [6.45, 7) is -0.0912. The summed E-state index contributed by atoms with van der Waals surface area (Å²) in [5, 5.41) is 12.7. The number of rotatable bonds is 4. The third-order valence-corrected chi connectivity index (χ3v) is 3.68. The van der Waals surface area contributed by atoms with Gasteiger partial charge in [-0.25, -0.2) is 4.79 Å². The van der Waals surface area contributed by atoms with E-state index in [2.05, 4.69) is 5.32 Å². The molecule has 7 heteroatoms. The highest BCUT2D eigenvalue weighted by molar-refractivity contribution is 6.04. The second-order valence-electron chi connectivity index (χ2n) is 5.33. The SMILES string of the molecule is CN1CC(=O)N(CC(=O)NCC2(O)CCCC2)C1=O. The Morgan fingerprint density at radius 3 is 2.53 bits per heavy atom. The number of nitrogens with one attached hydrogen (secondary N) is 1. The lowest BCUT2D eigenvalue weighted by Crippen LogP contribution is -2.46. The molecule has 0 aromatic carbocycles. The van der Waals surface area contributed by atoms with Crippen LogP contribution in [0.3, 0.4) is 0 Å². The van der Waals surface area contributed by atoms with Gasteiger partial charge in [0, 0.05) is 13.6 Å². The van der Waals surface area contributed by atoms with Crippen LogP contribution in [0, 0.1) is 0 Å². The van der Waals surface area contributed by atoms with Crippen LogP contribution in [0.1, 0.15) is 25.7 Å². The van der Waals surface area contributed by atoms with Crippen LogP contribution in [-0.4, -0.2) is 65.0 Å². The molecule has 1 heterocycles. The van der Waals surface area contributed by atoms with Gasteiger partial charge in [-0.1, -0.05) is 12.8 Å². The fourth-order valence-corrected chi connectivity index (χ4v) is 2.50. The van der Waals surface area contributed by atoms with Gasteiger partial charge in [0.2, 0.25) is 5.91 Å². The first-order chi connectivity index (χ1) is 8.91. The van der Waals surface area contributed by atoms with Gasteiger partial charge >= 0.3 is 6.03 Å². The standard InChI is InChI=1S/C12H19N3O4/c1-14-7-10(17)15(11(14)18)6-9(16)13-8-12(19)4-2-3-5-12/h19H,2-8H2,1H3,(H,13,16). The number of carbonyl (C=O) groups excluding carboxylic acids is 3. The Kier molecular flexibility index (Phi) is 3.75. The largest absolute Gasteiger partial charge is 0.388 e. The first-order valence-electron chi connectivity index (χ1n) is 6.46. The average molecular weight is 269 g/mol. The molecule has 1 saturated heterocycles. The Bertz CT molecular complexity index is 404. The van der Waals surface area contributed by atoms with Gasteiger partial charge in [-0.2, -0.15) is 0 Å². The van der Waals surface area contributed by atoms with E-state index in [0.717, 1.165) is 17.7 Å². The summed E-state index contributed by atoms with van der Waals surface area (Å²) in [4.78, 5) is 37.0. The van der Waals surface area contributed by atoms with Crippen LogP contribution in [0.5, 0.6) is 0 Å². The predicted octanol–water partition coefficient (Wildman–Crippen LogP) is -0.698. The number of amides is 4. The molecule has 2 N–H and O–H groups in total. The van der Waals surface area contributed by atoms with Crippen molar-refractivity contribution in [2.75, 3.05) is 26.7 Å². The summed E-state index contributed by atoms with van der Waals surface area (Å²) < 4.78 is 0. The van der Waals surface area contributed by atoms with Gasteiger partial charge in [0.1, 0.15) is 13.1 Å². The van der Waals surface area contributed by atoms with Gasteiger partial charge in [-0.3, -0.25) is 14.5 Å². The number of aliphatic hydroxyl groups is 1. The molecule has 2 fully saturated rings. The van der Waals surface area contributed by atoms with Crippen molar-refractivity contribution in [3.63, 3.8) is 0 Å². The summed E-state index contributed by atoms with van der Waals surface area (Å²) >= 11 is 0. The Labute approximate surface area is 111 Å². The zero-order valence-electron chi connectivity index (χ0n) is 11.0. The van der Waals surface area contributed by atoms with E-state index in [1.54, 1.807) is 0 Å². The summed E-state index contributed by atoms with van der Waals surface area (Å²) in [5.74, 6) is -0.792. The first-order valence-corrected chi connectivity index (χ1v) is 6.46. The number of urea groups is 1. The number of nitrogens with zero attached hydrogens (tertiary/aromatic N) is 2. The fraction of sp³-hybridized carbons (Fsp3) is 0.750. The fourth-order valence-electron chi connectivity index (χ4n) is 2.50. The van der Waals surface area contributed by atoms with Crippen molar-refractivity contribution in [3.05, 3.63) is 0 Å². The first kappa shape index (κ1) is 13.8. The third-order valence-electron chi connectivity index (χ3n) is 3.68. The number of hydrogen-bond donors (Lipinski definition) is 2. The molecule has 1 aliphatic heterocycles. The molecule has 0 aromatic rings. The van der Waals surface area contributed by atoms with Crippen LogP contribution >= 0.6 is 0 Å². The van der Waals surface area contributed by atoms with E-state index in [9.17, 15) is 19.5 Å². The molecule has 0 atom stereocenters. The molecule has 1 saturated carbocycles. The van der Waals surface area contributed by atoms with Crippen molar-refractivity contribution < 1.29 is 19.5 Å². The van der Waals surface area contributed by atoms with E-state index in [4.69, 9.17) is 0 Å². The highest BCUT2D eigenvalue weighted by Gasteiger charge is 2.36. The van der Waals surface area contributed by atoms with E-state index in [1.165, 1.54) is 11.9 Å². The van der Waals surface area contributed by atoms with Crippen LogP contribution in [0.15, 0.2) is 0 Å². The molecule has 0 aromatic heterocycles. The topological polar surface area (TPSA) is 90.0 Å². The third kappa shape index (κ3) is 3.04. The summed E-state index contributed by atoms with van der Waals surface area (Å²) in [5.41, 5.74) is -0.828. The van der Waals surface area contributed by atoms with Crippen LogP contribution in [0.4, 0.5) is 4.79 Å². The van der Waals surface area contributed by atoms with E-state index in [-0.39, 0.29) is 25.5 Å². The molecule has 2 rings (SSSR count). The maximum absolute atomic E-state index is 11.7. The van der Waals surface area contributed by atoms with Crippen molar-refractivity contribution in [1.29, 1.82) is 0 Å². The van der Waals surface area contributed by atoms with Crippen LogP contribution in [0.25, 0.3) is 0 Å². The summed E-state index contributed by atoms with van der Waals surface area (Å²) in [6.07, 6.45) is 3.27. The quantitative estimate of drug-likeness (QED) is 0.660. The zero-order chi connectivity index (χ0) is 14.0. The minimum Gasteiger partial charge on any atom is -0.388 e. The highest BCUT2D eigenvalue weighted by atomic mass is 16.3. The molecule has 7 nitrogen and oxygen atoms in total. The molecule has 1 aliphatic carbocycles. The van der Waals surface area contributed by atoms with Gasteiger partial charge in [0.05, 0.1) is 5.60 Å². The smallest absolute Gasteiger partial charge is 0.327 e. The Morgan fingerprint density at radius 1 is 1.37 bits per heavy atom. The molecule has 0 bridgehead atoms. The average Bonchev–Trinajstić information content (AvgIpc) is 2.88. The molecule has 19 heavy (non-hydrogen) atoms. The van der Waals surface area contributed by atoms with Crippen LogP contribution < -0.4 is 5.32 Å². The Morgan fingerprint density at radius 2 is 2.00 bits per heavy atom. The number of hydrogen-bond acceptors (Lipinski definition) is 4. The van der Waals surface area contributed by atoms with E-state index in [0.29, 0.717) is 12.8 Å². The molecule has 0 spiro atoms. The molecular formula is C12H19N3O4. The molecule has 4 amide bonds. The maximum atomic E-state index is 11.7. The second-order valence-corrected chi connectivity index (χ2v) is 5.33.